The Hall–Kier alpha value is -1.75. The number of benzene rings is 1. The van der Waals surface area contributed by atoms with E-state index in [0.717, 1.165) is 5.56 Å². The second kappa shape index (κ2) is 4.25. The van der Waals surface area contributed by atoms with E-state index in [0.29, 0.717) is 24.4 Å². The first-order chi connectivity index (χ1) is 8.31. The van der Waals surface area contributed by atoms with Crippen LogP contribution in [0.3, 0.4) is 0 Å². The molecule has 1 N–H and O–H groups in total. The molecule has 0 radical (unpaired) electrons. The summed E-state index contributed by atoms with van der Waals surface area (Å²) in [4.78, 5) is 0. The van der Waals surface area contributed by atoms with Gasteiger partial charge in [-0.15, -0.1) is 10.2 Å². The van der Waals surface area contributed by atoms with Gasteiger partial charge >= 0.3 is 0 Å². The van der Waals surface area contributed by atoms with E-state index in [1.807, 2.05) is 0 Å². The number of rotatable bonds is 4. The van der Waals surface area contributed by atoms with E-state index in [2.05, 4.69) is 15.5 Å². The molecule has 17 heavy (non-hydrogen) atoms. The first-order valence-corrected chi connectivity index (χ1v) is 5.63. The van der Waals surface area contributed by atoms with Crippen LogP contribution in [0, 0.1) is 5.82 Å². The van der Waals surface area contributed by atoms with E-state index in [1.54, 1.807) is 12.1 Å². The summed E-state index contributed by atoms with van der Waals surface area (Å²) in [5, 5.41) is 11.2. The molecule has 1 aromatic carbocycles. The van der Waals surface area contributed by atoms with Crippen molar-refractivity contribution in [3.05, 3.63) is 36.0 Å². The van der Waals surface area contributed by atoms with Crippen molar-refractivity contribution in [2.45, 2.75) is 25.4 Å². The minimum atomic E-state index is -0.274. The first-order valence-electron chi connectivity index (χ1n) is 5.63. The van der Waals surface area contributed by atoms with Gasteiger partial charge in [0.1, 0.15) is 5.82 Å². The molecule has 1 aromatic heterocycles. The molecule has 0 atom stereocenters. The minimum absolute atomic E-state index is 0.274. The highest BCUT2D eigenvalue weighted by molar-refractivity contribution is 5.51. The van der Waals surface area contributed by atoms with Crippen LogP contribution in [0.1, 0.15) is 18.7 Å². The van der Waals surface area contributed by atoms with Gasteiger partial charge < -0.3 is 9.73 Å². The van der Waals surface area contributed by atoms with Crippen LogP contribution in [-0.2, 0) is 6.54 Å². The summed E-state index contributed by atoms with van der Waals surface area (Å²) in [5.41, 5.74) is 0.733. The molecular formula is C12H12FN3O. The minimum Gasteiger partial charge on any atom is -0.419 e. The maximum Gasteiger partial charge on any atom is 0.247 e. The summed E-state index contributed by atoms with van der Waals surface area (Å²) in [6, 6.07) is 6.61. The number of hydrogen-bond donors (Lipinski definition) is 1. The predicted octanol–water partition coefficient (Wildman–Crippen LogP) is 2.13. The lowest BCUT2D eigenvalue weighted by Crippen LogP contribution is -2.15. The van der Waals surface area contributed by atoms with Crippen molar-refractivity contribution < 1.29 is 8.81 Å². The SMILES string of the molecule is Fc1ccc(-c2nnc(CNC3CC3)o2)cc1. The van der Waals surface area contributed by atoms with Crippen molar-refractivity contribution >= 4 is 0 Å². The third-order valence-corrected chi connectivity index (χ3v) is 2.68. The molecule has 5 heteroatoms. The van der Waals surface area contributed by atoms with Gasteiger partial charge in [0.2, 0.25) is 11.8 Å². The number of halogens is 1. The van der Waals surface area contributed by atoms with Crippen molar-refractivity contribution in [3.63, 3.8) is 0 Å². The van der Waals surface area contributed by atoms with Gasteiger partial charge in [-0.1, -0.05) is 0 Å². The highest BCUT2D eigenvalue weighted by atomic mass is 19.1. The van der Waals surface area contributed by atoms with Crippen LogP contribution in [0.15, 0.2) is 28.7 Å². The normalized spacial score (nSPS) is 15.1. The molecule has 0 saturated heterocycles. The van der Waals surface area contributed by atoms with Gasteiger partial charge in [0.05, 0.1) is 6.54 Å². The number of aromatic nitrogens is 2. The lowest BCUT2D eigenvalue weighted by molar-refractivity contribution is 0.476. The molecule has 0 aliphatic heterocycles. The van der Waals surface area contributed by atoms with Gasteiger partial charge in [-0.2, -0.15) is 0 Å². The summed E-state index contributed by atoms with van der Waals surface area (Å²) < 4.78 is 18.2. The Balaban J connectivity index is 1.72. The Morgan fingerprint density at radius 1 is 1.24 bits per heavy atom. The summed E-state index contributed by atoms with van der Waals surface area (Å²) in [7, 11) is 0. The van der Waals surface area contributed by atoms with Gasteiger partial charge in [0.15, 0.2) is 0 Å². The van der Waals surface area contributed by atoms with E-state index < -0.39 is 0 Å². The molecule has 0 bridgehead atoms. The molecule has 1 aliphatic carbocycles. The lowest BCUT2D eigenvalue weighted by Gasteiger charge is -1.96. The second-order valence-electron chi connectivity index (χ2n) is 4.16. The Bertz CT molecular complexity index is 505. The molecule has 3 rings (SSSR count). The van der Waals surface area contributed by atoms with Crippen LogP contribution in [0.25, 0.3) is 11.5 Å². The maximum absolute atomic E-state index is 12.7. The van der Waals surface area contributed by atoms with Crippen molar-refractivity contribution in [2.24, 2.45) is 0 Å². The molecule has 1 fully saturated rings. The first kappa shape index (κ1) is 10.4. The van der Waals surface area contributed by atoms with Crippen LogP contribution >= 0.6 is 0 Å². The van der Waals surface area contributed by atoms with E-state index in [9.17, 15) is 4.39 Å². The fourth-order valence-corrected chi connectivity index (χ4v) is 1.55. The summed E-state index contributed by atoms with van der Waals surface area (Å²) in [6.45, 7) is 0.596. The number of nitrogens with one attached hydrogen (secondary N) is 1. The zero-order valence-electron chi connectivity index (χ0n) is 9.19. The molecule has 4 nitrogen and oxygen atoms in total. The molecule has 2 aromatic rings. The summed E-state index contributed by atoms with van der Waals surface area (Å²) >= 11 is 0. The Kier molecular flexibility index (Phi) is 2.60. The third-order valence-electron chi connectivity index (χ3n) is 2.68. The van der Waals surface area contributed by atoms with Crippen molar-refractivity contribution in [3.8, 4) is 11.5 Å². The lowest BCUT2D eigenvalue weighted by atomic mass is 10.2. The van der Waals surface area contributed by atoms with Crippen molar-refractivity contribution in [1.29, 1.82) is 0 Å². The highest BCUT2D eigenvalue weighted by Gasteiger charge is 2.21. The van der Waals surface area contributed by atoms with Gasteiger partial charge in [0, 0.05) is 11.6 Å². The largest absolute Gasteiger partial charge is 0.419 e. The van der Waals surface area contributed by atoms with E-state index in [4.69, 9.17) is 4.42 Å². The molecule has 1 saturated carbocycles. The van der Waals surface area contributed by atoms with Gasteiger partial charge in [-0.25, -0.2) is 4.39 Å². The van der Waals surface area contributed by atoms with Crippen molar-refractivity contribution in [1.82, 2.24) is 15.5 Å². The van der Waals surface area contributed by atoms with Gasteiger partial charge in [0.25, 0.3) is 0 Å². The standard InChI is InChI=1S/C12H12FN3O/c13-9-3-1-8(2-4-9)12-16-15-11(17-12)7-14-10-5-6-10/h1-4,10,14H,5-7H2. The van der Waals surface area contributed by atoms with Gasteiger partial charge in [-0.05, 0) is 37.1 Å². The second-order valence-corrected chi connectivity index (χ2v) is 4.16. The van der Waals surface area contributed by atoms with E-state index >= 15 is 0 Å². The van der Waals surface area contributed by atoms with Crippen molar-refractivity contribution in [2.75, 3.05) is 0 Å². The molecule has 88 valence electrons. The average Bonchev–Trinajstić information content (AvgIpc) is 3.06. The van der Waals surface area contributed by atoms with E-state index in [-0.39, 0.29) is 5.82 Å². The fourth-order valence-electron chi connectivity index (χ4n) is 1.55. The van der Waals surface area contributed by atoms with Crippen LogP contribution in [0.5, 0.6) is 0 Å². The van der Waals surface area contributed by atoms with Gasteiger partial charge in [-0.3, -0.25) is 0 Å². The van der Waals surface area contributed by atoms with E-state index in [1.165, 1.54) is 25.0 Å². The Labute approximate surface area is 97.9 Å². The molecule has 1 aliphatic rings. The number of nitrogens with zero attached hydrogens (tertiary/aromatic N) is 2. The predicted molar refractivity (Wildman–Crippen MR) is 59.6 cm³/mol. The zero-order valence-corrected chi connectivity index (χ0v) is 9.19. The molecular weight excluding hydrogens is 221 g/mol. The fraction of sp³-hybridized carbons (Fsp3) is 0.333. The highest BCUT2D eigenvalue weighted by Crippen LogP contribution is 2.20. The molecule has 0 spiro atoms. The summed E-state index contributed by atoms with van der Waals surface area (Å²) in [6.07, 6.45) is 2.44. The van der Waals surface area contributed by atoms with Crippen LogP contribution < -0.4 is 5.32 Å². The Morgan fingerprint density at radius 2 is 2.00 bits per heavy atom. The van der Waals surface area contributed by atoms with Crippen LogP contribution in [0.2, 0.25) is 0 Å². The quantitative estimate of drug-likeness (QED) is 0.878. The monoisotopic (exact) mass is 233 g/mol. The van der Waals surface area contributed by atoms with Crippen LogP contribution in [-0.4, -0.2) is 16.2 Å². The molecule has 1 heterocycles. The topological polar surface area (TPSA) is 51.0 Å². The average molecular weight is 233 g/mol. The molecule has 0 unspecified atom stereocenters. The third kappa shape index (κ3) is 2.50. The Morgan fingerprint density at radius 3 is 2.71 bits per heavy atom. The maximum atomic E-state index is 12.7. The zero-order chi connectivity index (χ0) is 11.7. The summed E-state index contributed by atoms with van der Waals surface area (Å²) in [5.74, 6) is 0.720. The number of hydrogen-bond acceptors (Lipinski definition) is 4. The molecule has 0 amide bonds. The van der Waals surface area contributed by atoms with Crippen LogP contribution in [0.4, 0.5) is 4.39 Å². The smallest absolute Gasteiger partial charge is 0.247 e.